The molecule has 8 heteroatoms. The Hall–Kier alpha value is -3.03. The molecule has 0 spiro atoms. The first-order valence-corrected chi connectivity index (χ1v) is 9.06. The highest BCUT2D eigenvalue weighted by molar-refractivity contribution is 5.79. The molecule has 0 bridgehead atoms. The highest BCUT2D eigenvalue weighted by Gasteiger charge is 2.30. The molecule has 0 saturated heterocycles. The molecule has 148 valence electrons. The number of hydrogen-bond donors (Lipinski definition) is 2. The van der Waals surface area contributed by atoms with Crippen LogP contribution in [0.1, 0.15) is 23.7 Å². The molecule has 0 atom stereocenters. The van der Waals surface area contributed by atoms with E-state index in [9.17, 15) is 13.2 Å². The third-order valence-corrected chi connectivity index (χ3v) is 4.11. The fourth-order valence-corrected chi connectivity index (χ4v) is 2.77. The topological polar surface area (TPSA) is 53.7 Å². The lowest BCUT2D eigenvalue weighted by Gasteiger charge is -2.11. The van der Waals surface area contributed by atoms with E-state index in [1.54, 1.807) is 6.07 Å². The standard InChI is InChI=1S/C20H22F3N5/c1-2-24-19(26-13-15-6-5-7-16(12-15)20(21,22)23)25-10-9-17-14-28-11-4-3-8-18(28)27-17/h3-8,11-12,14H,2,9-10,13H2,1H3,(H2,24,25,26). The van der Waals surface area contributed by atoms with Crippen LogP contribution in [0.4, 0.5) is 13.2 Å². The van der Waals surface area contributed by atoms with Gasteiger partial charge in [0.1, 0.15) is 5.65 Å². The van der Waals surface area contributed by atoms with E-state index in [4.69, 9.17) is 0 Å². The van der Waals surface area contributed by atoms with Gasteiger partial charge in [0.25, 0.3) is 0 Å². The average Bonchev–Trinajstić information content (AvgIpc) is 3.08. The van der Waals surface area contributed by atoms with Gasteiger partial charge in [0.15, 0.2) is 5.96 Å². The number of fused-ring (bicyclic) bond motifs is 1. The Kier molecular flexibility index (Phi) is 6.18. The van der Waals surface area contributed by atoms with Crippen LogP contribution in [0, 0.1) is 0 Å². The van der Waals surface area contributed by atoms with Gasteiger partial charge in [0, 0.05) is 31.9 Å². The summed E-state index contributed by atoms with van der Waals surface area (Å²) in [6, 6.07) is 11.1. The molecule has 0 saturated carbocycles. The number of pyridine rings is 1. The van der Waals surface area contributed by atoms with E-state index in [0.717, 1.165) is 23.5 Å². The van der Waals surface area contributed by atoms with Gasteiger partial charge in [-0.1, -0.05) is 18.2 Å². The van der Waals surface area contributed by atoms with Crippen LogP contribution >= 0.6 is 0 Å². The van der Waals surface area contributed by atoms with Crippen LogP contribution in [0.15, 0.2) is 59.9 Å². The third-order valence-electron chi connectivity index (χ3n) is 4.11. The fourth-order valence-electron chi connectivity index (χ4n) is 2.77. The summed E-state index contributed by atoms with van der Waals surface area (Å²) in [6.07, 6.45) is 0.274. The van der Waals surface area contributed by atoms with Crippen LogP contribution in [-0.4, -0.2) is 28.4 Å². The van der Waals surface area contributed by atoms with Crippen molar-refractivity contribution in [1.29, 1.82) is 0 Å². The number of halogens is 3. The zero-order chi connectivity index (χ0) is 20.0. The van der Waals surface area contributed by atoms with Gasteiger partial charge in [0.2, 0.25) is 0 Å². The number of rotatable bonds is 6. The van der Waals surface area contributed by atoms with Crippen LogP contribution in [0.2, 0.25) is 0 Å². The highest BCUT2D eigenvalue weighted by atomic mass is 19.4. The molecule has 0 aliphatic heterocycles. The highest BCUT2D eigenvalue weighted by Crippen LogP contribution is 2.29. The summed E-state index contributed by atoms with van der Waals surface area (Å²) in [4.78, 5) is 8.92. The first-order chi connectivity index (χ1) is 13.5. The number of aromatic nitrogens is 2. The van der Waals surface area contributed by atoms with Gasteiger partial charge in [-0.2, -0.15) is 13.2 Å². The van der Waals surface area contributed by atoms with Crippen molar-refractivity contribution in [2.75, 3.05) is 13.1 Å². The van der Waals surface area contributed by atoms with Crippen LogP contribution in [0.25, 0.3) is 5.65 Å². The van der Waals surface area contributed by atoms with E-state index in [1.165, 1.54) is 6.07 Å². The quantitative estimate of drug-likeness (QED) is 0.500. The van der Waals surface area contributed by atoms with Gasteiger partial charge < -0.3 is 15.0 Å². The van der Waals surface area contributed by atoms with Crippen molar-refractivity contribution in [3.05, 3.63) is 71.7 Å². The number of imidazole rings is 1. The van der Waals surface area contributed by atoms with Gasteiger partial charge in [-0.3, -0.25) is 0 Å². The molecule has 2 heterocycles. The number of nitrogens with one attached hydrogen (secondary N) is 2. The van der Waals surface area contributed by atoms with Crippen LogP contribution < -0.4 is 10.6 Å². The number of nitrogens with zero attached hydrogens (tertiary/aromatic N) is 3. The van der Waals surface area contributed by atoms with Crippen LogP contribution in [0.5, 0.6) is 0 Å². The van der Waals surface area contributed by atoms with E-state index in [-0.39, 0.29) is 6.54 Å². The molecule has 2 N–H and O–H groups in total. The smallest absolute Gasteiger partial charge is 0.357 e. The van der Waals surface area contributed by atoms with E-state index < -0.39 is 11.7 Å². The SMILES string of the molecule is CCNC(=NCc1cccc(C(F)(F)F)c1)NCCc1cn2ccccc2n1. The Morgan fingerprint density at radius 3 is 2.75 bits per heavy atom. The number of aliphatic imine (C=N–C) groups is 1. The first-order valence-electron chi connectivity index (χ1n) is 9.06. The second-order valence-corrected chi connectivity index (χ2v) is 6.27. The number of guanidine groups is 1. The normalized spacial score (nSPS) is 12.4. The van der Waals surface area contributed by atoms with Crippen molar-refractivity contribution in [3.8, 4) is 0 Å². The summed E-state index contributed by atoms with van der Waals surface area (Å²) in [6.45, 7) is 3.36. The molecule has 0 unspecified atom stereocenters. The molecule has 0 amide bonds. The van der Waals surface area contributed by atoms with E-state index >= 15 is 0 Å². The predicted octanol–water partition coefficient (Wildman–Crippen LogP) is 3.65. The minimum absolute atomic E-state index is 0.160. The third kappa shape index (κ3) is 5.25. The lowest BCUT2D eigenvalue weighted by atomic mass is 10.1. The minimum atomic E-state index is -4.35. The van der Waals surface area contributed by atoms with Crippen molar-refractivity contribution in [2.24, 2.45) is 4.99 Å². The van der Waals surface area contributed by atoms with Crippen LogP contribution in [0.3, 0.4) is 0 Å². The Bertz CT molecular complexity index is 913. The summed E-state index contributed by atoms with van der Waals surface area (Å²) < 4.78 is 40.4. The summed E-state index contributed by atoms with van der Waals surface area (Å²) in [5, 5.41) is 6.30. The molecule has 3 aromatic rings. The Morgan fingerprint density at radius 1 is 1.14 bits per heavy atom. The molecule has 5 nitrogen and oxygen atoms in total. The number of hydrogen-bond acceptors (Lipinski definition) is 2. The van der Waals surface area contributed by atoms with Crippen molar-refractivity contribution < 1.29 is 13.2 Å². The molecular formula is C20H22F3N5. The summed E-state index contributed by atoms with van der Waals surface area (Å²) in [5.41, 5.74) is 1.69. The van der Waals surface area contributed by atoms with Crippen molar-refractivity contribution in [1.82, 2.24) is 20.0 Å². The lowest BCUT2D eigenvalue weighted by Crippen LogP contribution is -2.38. The molecule has 0 aliphatic rings. The lowest BCUT2D eigenvalue weighted by molar-refractivity contribution is -0.137. The zero-order valence-electron chi connectivity index (χ0n) is 15.5. The fraction of sp³-hybridized carbons (Fsp3) is 0.300. The van der Waals surface area contributed by atoms with Crippen molar-refractivity contribution >= 4 is 11.6 Å². The summed E-state index contributed by atoms with van der Waals surface area (Å²) >= 11 is 0. The van der Waals surface area contributed by atoms with Crippen molar-refractivity contribution in [3.63, 3.8) is 0 Å². The second kappa shape index (κ2) is 8.77. The van der Waals surface area contributed by atoms with Crippen molar-refractivity contribution in [2.45, 2.75) is 26.1 Å². The second-order valence-electron chi connectivity index (χ2n) is 6.27. The molecule has 2 aromatic heterocycles. The van der Waals surface area contributed by atoms with Gasteiger partial charge in [0.05, 0.1) is 17.8 Å². The molecule has 28 heavy (non-hydrogen) atoms. The Balaban J connectivity index is 1.59. The maximum Gasteiger partial charge on any atom is 0.416 e. The Labute approximate surface area is 161 Å². The largest absolute Gasteiger partial charge is 0.416 e. The van der Waals surface area contributed by atoms with E-state index in [2.05, 4.69) is 20.6 Å². The van der Waals surface area contributed by atoms with E-state index in [0.29, 0.717) is 31.0 Å². The average molecular weight is 389 g/mol. The monoisotopic (exact) mass is 389 g/mol. The molecule has 3 rings (SSSR count). The minimum Gasteiger partial charge on any atom is -0.357 e. The molecule has 0 fully saturated rings. The molecule has 1 aromatic carbocycles. The molecule has 0 aliphatic carbocycles. The predicted molar refractivity (Wildman–Crippen MR) is 103 cm³/mol. The Morgan fingerprint density at radius 2 is 2.00 bits per heavy atom. The molecular weight excluding hydrogens is 367 g/mol. The van der Waals surface area contributed by atoms with Gasteiger partial charge >= 0.3 is 6.18 Å². The summed E-state index contributed by atoms with van der Waals surface area (Å²) in [7, 11) is 0. The zero-order valence-corrected chi connectivity index (χ0v) is 15.5. The maximum absolute atomic E-state index is 12.8. The number of benzene rings is 1. The van der Waals surface area contributed by atoms with Gasteiger partial charge in [-0.25, -0.2) is 9.98 Å². The van der Waals surface area contributed by atoms with Gasteiger partial charge in [-0.15, -0.1) is 0 Å². The van der Waals surface area contributed by atoms with Crippen LogP contribution in [-0.2, 0) is 19.1 Å². The summed E-state index contributed by atoms with van der Waals surface area (Å²) in [5.74, 6) is 0.559. The van der Waals surface area contributed by atoms with Gasteiger partial charge in [-0.05, 0) is 36.8 Å². The number of alkyl halides is 3. The molecule has 0 radical (unpaired) electrons. The first kappa shape index (κ1) is 19.7. The van der Waals surface area contributed by atoms with E-state index in [1.807, 2.05) is 41.9 Å². The maximum atomic E-state index is 12.8.